The van der Waals surface area contributed by atoms with Crippen LogP contribution in [-0.2, 0) is 21.9 Å². The Balaban J connectivity index is 2.05. The van der Waals surface area contributed by atoms with Gasteiger partial charge in [0, 0.05) is 23.8 Å². The molecule has 0 heterocycles. The number of benzene rings is 2. The third kappa shape index (κ3) is 6.67. The molecule has 0 radical (unpaired) electrons. The van der Waals surface area contributed by atoms with E-state index in [0.717, 1.165) is 15.8 Å². The molecule has 2 aromatic rings. The summed E-state index contributed by atoms with van der Waals surface area (Å²) in [6, 6.07) is 13.7. The Bertz CT molecular complexity index is 804. The number of amides is 2. The molecule has 1 unspecified atom stereocenters. The number of carbonyl (C=O) groups is 2. The molecule has 1 N–H and O–H groups in total. The third-order valence-electron chi connectivity index (χ3n) is 4.46. The minimum absolute atomic E-state index is 0.0339. The van der Waals surface area contributed by atoms with Crippen molar-refractivity contribution in [3.8, 4) is 0 Å². The highest BCUT2D eigenvalue weighted by atomic mass is 79.9. The van der Waals surface area contributed by atoms with E-state index in [1.165, 1.54) is 16.7 Å². The Labute approximate surface area is 180 Å². The lowest BCUT2D eigenvalue weighted by molar-refractivity contribution is -0.138. The van der Waals surface area contributed by atoms with E-state index >= 15 is 0 Å². The van der Waals surface area contributed by atoms with E-state index in [1.54, 1.807) is 30.6 Å². The Morgan fingerprint density at radius 1 is 1.07 bits per heavy atom. The van der Waals surface area contributed by atoms with Crippen LogP contribution >= 0.6 is 27.7 Å². The van der Waals surface area contributed by atoms with Gasteiger partial charge in [0.1, 0.15) is 6.04 Å². The zero-order chi connectivity index (χ0) is 20.7. The van der Waals surface area contributed by atoms with Gasteiger partial charge in [0.25, 0.3) is 0 Å². The SMILES string of the molecule is CNC(=O)C(C)N(Cc1ccc(Br)cc1)C(=O)CSCc1cc(C)cc(C)c1. The van der Waals surface area contributed by atoms with Crippen molar-refractivity contribution < 1.29 is 9.59 Å². The highest BCUT2D eigenvalue weighted by Gasteiger charge is 2.25. The number of rotatable bonds is 8. The Morgan fingerprint density at radius 3 is 2.25 bits per heavy atom. The molecule has 0 saturated heterocycles. The topological polar surface area (TPSA) is 49.4 Å². The summed E-state index contributed by atoms with van der Waals surface area (Å²) < 4.78 is 0.984. The fourth-order valence-electron chi connectivity index (χ4n) is 3.07. The first-order chi connectivity index (χ1) is 13.3. The van der Waals surface area contributed by atoms with Crippen molar-refractivity contribution >= 4 is 39.5 Å². The van der Waals surface area contributed by atoms with Crippen LogP contribution in [0, 0.1) is 13.8 Å². The summed E-state index contributed by atoms with van der Waals surface area (Å²) >= 11 is 5.00. The minimum Gasteiger partial charge on any atom is -0.357 e. The molecule has 4 nitrogen and oxygen atoms in total. The second-order valence-corrected chi connectivity index (χ2v) is 8.83. The van der Waals surface area contributed by atoms with Crippen LogP contribution in [0.5, 0.6) is 0 Å². The number of likely N-dealkylation sites (N-methyl/N-ethyl adjacent to an activating group) is 1. The van der Waals surface area contributed by atoms with Crippen LogP contribution in [0.2, 0.25) is 0 Å². The van der Waals surface area contributed by atoms with Gasteiger partial charge in [0.2, 0.25) is 11.8 Å². The highest BCUT2D eigenvalue weighted by molar-refractivity contribution is 9.10. The van der Waals surface area contributed by atoms with E-state index < -0.39 is 6.04 Å². The molecule has 6 heteroatoms. The fourth-order valence-corrected chi connectivity index (χ4v) is 4.18. The van der Waals surface area contributed by atoms with Crippen molar-refractivity contribution in [3.05, 3.63) is 69.2 Å². The summed E-state index contributed by atoms with van der Waals surface area (Å²) in [5.74, 6) is 0.915. The van der Waals surface area contributed by atoms with Gasteiger partial charge in [-0.2, -0.15) is 0 Å². The molecule has 28 heavy (non-hydrogen) atoms. The molecule has 0 spiro atoms. The molecular formula is C22H27BrN2O2S. The molecule has 2 aromatic carbocycles. The zero-order valence-electron chi connectivity index (χ0n) is 16.8. The summed E-state index contributed by atoms with van der Waals surface area (Å²) in [7, 11) is 1.59. The zero-order valence-corrected chi connectivity index (χ0v) is 19.2. The Hall–Kier alpha value is -1.79. The summed E-state index contributed by atoms with van der Waals surface area (Å²) in [6.07, 6.45) is 0. The molecule has 0 saturated carbocycles. The first-order valence-electron chi connectivity index (χ1n) is 9.20. The molecule has 150 valence electrons. The highest BCUT2D eigenvalue weighted by Crippen LogP contribution is 2.19. The van der Waals surface area contributed by atoms with E-state index in [-0.39, 0.29) is 11.8 Å². The van der Waals surface area contributed by atoms with Crippen LogP contribution in [0.25, 0.3) is 0 Å². The minimum atomic E-state index is -0.525. The number of hydrogen-bond acceptors (Lipinski definition) is 3. The summed E-state index contributed by atoms with van der Waals surface area (Å²) in [6.45, 7) is 6.34. The predicted molar refractivity (Wildman–Crippen MR) is 120 cm³/mol. The average Bonchev–Trinajstić information content (AvgIpc) is 2.65. The fraction of sp³-hybridized carbons (Fsp3) is 0.364. The van der Waals surface area contributed by atoms with Crippen LogP contribution in [0.3, 0.4) is 0 Å². The van der Waals surface area contributed by atoms with Crippen LogP contribution in [0.15, 0.2) is 46.9 Å². The van der Waals surface area contributed by atoms with Crippen LogP contribution in [0.1, 0.15) is 29.2 Å². The molecule has 1 atom stereocenters. The number of nitrogens with one attached hydrogen (secondary N) is 1. The summed E-state index contributed by atoms with van der Waals surface area (Å²) in [5, 5.41) is 2.64. The van der Waals surface area contributed by atoms with Gasteiger partial charge in [-0.25, -0.2) is 0 Å². The predicted octanol–water partition coefficient (Wildman–Crippen LogP) is 4.46. The molecule has 0 aliphatic rings. The van der Waals surface area contributed by atoms with Gasteiger partial charge in [-0.05, 0) is 44.0 Å². The van der Waals surface area contributed by atoms with Gasteiger partial charge in [-0.15, -0.1) is 11.8 Å². The lowest BCUT2D eigenvalue weighted by Crippen LogP contribution is -2.47. The Morgan fingerprint density at radius 2 is 1.68 bits per heavy atom. The number of carbonyl (C=O) groups excluding carboxylic acids is 2. The second kappa shape index (κ2) is 10.7. The molecule has 0 aromatic heterocycles. The molecule has 0 aliphatic heterocycles. The molecular weight excluding hydrogens is 436 g/mol. The Kier molecular flexibility index (Phi) is 8.58. The maximum Gasteiger partial charge on any atom is 0.242 e. The normalized spacial score (nSPS) is 11.8. The summed E-state index contributed by atoms with van der Waals surface area (Å²) in [5.41, 5.74) is 4.67. The first-order valence-corrected chi connectivity index (χ1v) is 11.2. The van der Waals surface area contributed by atoms with E-state index in [0.29, 0.717) is 12.3 Å². The van der Waals surface area contributed by atoms with Crippen molar-refractivity contribution in [1.82, 2.24) is 10.2 Å². The molecule has 2 amide bonds. The van der Waals surface area contributed by atoms with Gasteiger partial charge >= 0.3 is 0 Å². The van der Waals surface area contributed by atoms with Gasteiger partial charge in [-0.3, -0.25) is 9.59 Å². The van der Waals surface area contributed by atoms with E-state index in [1.807, 2.05) is 24.3 Å². The molecule has 0 aliphatic carbocycles. The second-order valence-electron chi connectivity index (χ2n) is 6.93. The van der Waals surface area contributed by atoms with E-state index in [4.69, 9.17) is 0 Å². The lowest BCUT2D eigenvalue weighted by Gasteiger charge is -2.28. The van der Waals surface area contributed by atoms with Crippen molar-refractivity contribution in [2.75, 3.05) is 12.8 Å². The van der Waals surface area contributed by atoms with Gasteiger partial charge < -0.3 is 10.2 Å². The maximum atomic E-state index is 12.9. The first kappa shape index (κ1) is 22.5. The van der Waals surface area contributed by atoms with Crippen LogP contribution in [-0.4, -0.2) is 35.6 Å². The monoisotopic (exact) mass is 462 g/mol. The lowest BCUT2D eigenvalue weighted by atomic mass is 10.1. The maximum absolute atomic E-state index is 12.9. The quantitative estimate of drug-likeness (QED) is 0.629. The van der Waals surface area contributed by atoms with Gasteiger partial charge in [0.05, 0.1) is 5.75 Å². The van der Waals surface area contributed by atoms with Crippen LogP contribution in [0.4, 0.5) is 0 Å². The van der Waals surface area contributed by atoms with Crippen molar-refractivity contribution in [3.63, 3.8) is 0 Å². The number of thioether (sulfide) groups is 1. The summed E-state index contributed by atoms with van der Waals surface area (Å²) in [4.78, 5) is 26.7. The van der Waals surface area contributed by atoms with Crippen molar-refractivity contribution in [2.24, 2.45) is 0 Å². The number of aryl methyl sites for hydroxylation is 2. The van der Waals surface area contributed by atoms with E-state index in [9.17, 15) is 9.59 Å². The third-order valence-corrected chi connectivity index (χ3v) is 5.97. The van der Waals surface area contributed by atoms with Gasteiger partial charge in [-0.1, -0.05) is 57.4 Å². The van der Waals surface area contributed by atoms with Crippen molar-refractivity contribution in [2.45, 2.75) is 39.1 Å². The molecule has 0 bridgehead atoms. The smallest absolute Gasteiger partial charge is 0.242 e. The van der Waals surface area contributed by atoms with Gasteiger partial charge in [0.15, 0.2) is 0 Å². The average molecular weight is 463 g/mol. The van der Waals surface area contributed by atoms with E-state index in [2.05, 4.69) is 53.3 Å². The largest absolute Gasteiger partial charge is 0.357 e. The molecule has 2 rings (SSSR count). The van der Waals surface area contributed by atoms with Crippen molar-refractivity contribution in [1.29, 1.82) is 0 Å². The number of hydrogen-bond donors (Lipinski definition) is 1. The molecule has 0 fully saturated rings. The van der Waals surface area contributed by atoms with Crippen LogP contribution < -0.4 is 5.32 Å². The number of halogens is 1. The standard InChI is InChI=1S/C22H27BrN2O2S/c1-15-9-16(2)11-19(10-15)13-28-14-21(26)25(17(3)22(27)24-4)12-18-5-7-20(23)8-6-18/h5-11,17H,12-14H2,1-4H3,(H,24,27). The number of nitrogens with zero attached hydrogens (tertiary/aromatic N) is 1.